The largest absolute Gasteiger partial charge is 0.456 e. The summed E-state index contributed by atoms with van der Waals surface area (Å²) in [6.07, 6.45) is 4.20. The highest BCUT2D eigenvalue weighted by atomic mass is 35.5. The first-order chi connectivity index (χ1) is 14.2. The Morgan fingerprint density at radius 2 is 1.67 bits per heavy atom. The monoisotopic (exact) mass is 424 g/mol. The second-order valence-corrected chi connectivity index (χ2v) is 8.04. The van der Waals surface area contributed by atoms with Gasteiger partial charge >= 0.3 is 11.9 Å². The molecule has 154 valence electrons. The van der Waals surface area contributed by atoms with E-state index in [1.807, 2.05) is 0 Å². The van der Waals surface area contributed by atoms with Gasteiger partial charge in [0.1, 0.15) is 11.4 Å². The van der Waals surface area contributed by atoms with Crippen LogP contribution in [0, 0.1) is 6.92 Å². The molecule has 3 rings (SSSR count). The minimum absolute atomic E-state index is 0.0772. The second kappa shape index (κ2) is 8.63. The number of rotatable bonds is 4. The third-order valence-corrected chi connectivity index (χ3v) is 4.41. The van der Waals surface area contributed by atoms with Crippen molar-refractivity contribution in [1.29, 1.82) is 0 Å². The molecule has 1 heterocycles. The number of hydrogen-bond donors (Lipinski definition) is 0. The normalized spacial score (nSPS) is 11.1. The maximum Gasteiger partial charge on any atom is 0.363 e. The number of halogens is 1. The van der Waals surface area contributed by atoms with Crippen molar-refractivity contribution < 1.29 is 19.1 Å². The first-order valence-corrected chi connectivity index (χ1v) is 9.64. The van der Waals surface area contributed by atoms with Crippen molar-refractivity contribution >= 4 is 23.5 Å². The van der Waals surface area contributed by atoms with Gasteiger partial charge in [-0.2, -0.15) is 0 Å². The van der Waals surface area contributed by atoms with E-state index in [9.17, 15) is 9.59 Å². The lowest BCUT2D eigenvalue weighted by Gasteiger charge is -2.21. The molecular formula is C23H21ClN2O4. The third-order valence-electron chi connectivity index (χ3n) is 4.15. The Morgan fingerprint density at radius 3 is 2.27 bits per heavy atom. The van der Waals surface area contributed by atoms with Crippen LogP contribution < -0.4 is 4.74 Å². The molecule has 6 nitrogen and oxygen atoms in total. The summed E-state index contributed by atoms with van der Waals surface area (Å²) in [7, 11) is 0. The number of carbonyl (C=O) groups is 2. The van der Waals surface area contributed by atoms with Crippen molar-refractivity contribution in [2.24, 2.45) is 0 Å². The summed E-state index contributed by atoms with van der Waals surface area (Å²) in [5.41, 5.74) is 1.77. The average molecular weight is 425 g/mol. The Morgan fingerprint density at radius 1 is 0.967 bits per heavy atom. The van der Waals surface area contributed by atoms with Gasteiger partial charge < -0.3 is 9.47 Å². The zero-order chi connectivity index (χ0) is 21.9. The van der Waals surface area contributed by atoms with Crippen LogP contribution >= 0.6 is 11.6 Å². The molecule has 0 spiro atoms. The predicted octanol–water partition coefficient (Wildman–Crippen LogP) is 5.28. The highest BCUT2D eigenvalue weighted by Gasteiger charge is 2.24. The van der Waals surface area contributed by atoms with Crippen molar-refractivity contribution in [3.05, 3.63) is 76.8 Å². The Labute approximate surface area is 179 Å². The Balaban J connectivity index is 2.08. The van der Waals surface area contributed by atoms with Crippen molar-refractivity contribution in [1.82, 2.24) is 9.97 Å². The highest BCUT2D eigenvalue weighted by molar-refractivity contribution is 6.30. The third kappa shape index (κ3) is 5.02. The van der Waals surface area contributed by atoms with Crippen molar-refractivity contribution in [2.75, 3.05) is 0 Å². The fourth-order valence-electron chi connectivity index (χ4n) is 2.86. The van der Waals surface area contributed by atoms with Crippen LogP contribution in [0.1, 0.15) is 47.2 Å². The van der Waals surface area contributed by atoms with Crippen molar-refractivity contribution in [3.8, 4) is 16.9 Å². The summed E-state index contributed by atoms with van der Waals surface area (Å²) in [6.45, 7) is 7.19. The van der Waals surface area contributed by atoms with E-state index >= 15 is 0 Å². The number of esters is 2. The van der Waals surface area contributed by atoms with Crippen molar-refractivity contribution in [3.63, 3.8) is 0 Å². The van der Waals surface area contributed by atoms with Gasteiger partial charge in [-0.25, -0.2) is 14.6 Å². The summed E-state index contributed by atoms with van der Waals surface area (Å²) >= 11 is 6.02. The molecule has 30 heavy (non-hydrogen) atoms. The molecule has 0 unspecified atom stereocenters. The van der Waals surface area contributed by atoms with E-state index in [0.29, 0.717) is 21.7 Å². The molecule has 0 radical (unpaired) electrons. The van der Waals surface area contributed by atoms with Gasteiger partial charge in [0.25, 0.3) is 0 Å². The molecule has 3 aromatic rings. The topological polar surface area (TPSA) is 78.4 Å². The smallest absolute Gasteiger partial charge is 0.363 e. The van der Waals surface area contributed by atoms with Crippen LogP contribution in [0.25, 0.3) is 11.1 Å². The van der Waals surface area contributed by atoms with E-state index < -0.39 is 17.5 Å². The Kier molecular flexibility index (Phi) is 6.17. The van der Waals surface area contributed by atoms with Gasteiger partial charge in [0.05, 0.1) is 11.8 Å². The fourth-order valence-corrected chi connectivity index (χ4v) is 2.98. The maximum absolute atomic E-state index is 12.7. The minimum Gasteiger partial charge on any atom is -0.456 e. The molecular weight excluding hydrogens is 404 g/mol. The number of hydrogen-bond acceptors (Lipinski definition) is 6. The quantitative estimate of drug-likeness (QED) is 0.418. The molecule has 1 aromatic heterocycles. The van der Waals surface area contributed by atoms with Gasteiger partial charge in [-0.1, -0.05) is 23.7 Å². The molecule has 0 aliphatic carbocycles. The number of nitrogens with zero attached hydrogens (tertiary/aromatic N) is 2. The van der Waals surface area contributed by atoms with Gasteiger partial charge in [0.15, 0.2) is 5.69 Å². The number of aromatic nitrogens is 2. The SMILES string of the molecule is Cc1c(C(=O)OC(C)(C)C)ccc(OC(=O)c2cnccn2)c1-c1ccc(Cl)cc1. The number of benzene rings is 2. The summed E-state index contributed by atoms with van der Waals surface area (Å²) in [5.74, 6) is -0.817. The first kappa shape index (κ1) is 21.5. The number of ether oxygens (including phenoxy) is 2. The summed E-state index contributed by atoms with van der Waals surface area (Å²) in [6, 6.07) is 10.2. The predicted molar refractivity (Wildman–Crippen MR) is 114 cm³/mol. The molecule has 0 amide bonds. The van der Waals surface area contributed by atoms with Crippen molar-refractivity contribution in [2.45, 2.75) is 33.3 Å². The van der Waals surface area contributed by atoms with E-state index in [1.54, 1.807) is 64.1 Å². The zero-order valence-corrected chi connectivity index (χ0v) is 17.9. The molecule has 0 saturated carbocycles. The van der Waals surface area contributed by atoms with E-state index in [4.69, 9.17) is 21.1 Å². The summed E-state index contributed by atoms with van der Waals surface area (Å²) < 4.78 is 11.1. The van der Waals surface area contributed by atoms with Crippen LogP contribution in [0.5, 0.6) is 5.75 Å². The molecule has 0 bridgehead atoms. The minimum atomic E-state index is -0.650. The van der Waals surface area contributed by atoms with Gasteiger partial charge in [-0.15, -0.1) is 0 Å². The van der Waals surface area contributed by atoms with Crippen LogP contribution in [0.4, 0.5) is 0 Å². The fraction of sp³-hybridized carbons (Fsp3) is 0.217. The van der Waals surface area contributed by atoms with E-state index in [-0.39, 0.29) is 11.4 Å². The van der Waals surface area contributed by atoms with E-state index in [0.717, 1.165) is 5.56 Å². The van der Waals surface area contributed by atoms with Crippen LogP contribution in [0.15, 0.2) is 55.0 Å². The Hall–Kier alpha value is -3.25. The standard InChI is InChI=1S/C23H21ClN2O4/c1-14-17(21(27)30-23(2,3)4)9-10-19(20(14)15-5-7-16(24)8-6-15)29-22(28)18-13-25-11-12-26-18/h5-13H,1-4H3. The summed E-state index contributed by atoms with van der Waals surface area (Å²) in [4.78, 5) is 33.1. The lowest BCUT2D eigenvalue weighted by Crippen LogP contribution is -2.24. The average Bonchev–Trinajstić information content (AvgIpc) is 2.68. The van der Waals surface area contributed by atoms with Gasteiger partial charge in [-0.05, 0) is 63.1 Å². The molecule has 0 fully saturated rings. The molecule has 0 aliphatic heterocycles. The van der Waals surface area contributed by atoms with Gasteiger partial charge in [0.2, 0.25) is 0 Å². The second-order valence-electron chi connectivity index (χ2n) is 7.60. The van der Waals surface area contributed by atoms with Crippen LogP contribution in [0.2, 0.25) is 5.02 Å². The molecule has 0 N–H and O–H groups in total. The molecule has 0 atom stereocenters. The first-order valence-electron chi connectivity index (χ1n) is 9.27. The molecule has 7 heteroatoms. The molecule has 0 saturated heterocycles. The van der Waals surface area contributed by atoms with E-state index in [1.165, 1.54) is 18.6 Å². The highest BCUT2D eigenvalue weighted by Crippen LogP contribution is 2.36. The van der Waals surface area contributed by atoms with Crippen LogP contribution in [-0.2, 0) is 4.74 Å². The van der Waals surface area contributed by atoms with Gasteiger partial charge in [-0.3, -0.25) is 4.98 Å². The zero-order valence-electron chi connectivity index (χ0n) is 17.1. The number of carbonyl (C=O) groups excluding carboxylic acids is 2. The van der Waals surface area contributed by atoms with E-state index in [2.05, 4.69) is 9.97 Å². The van der Waals surface area contributed by atoms with Gasteiger partial charge in [0, 0.05) is 23.0 Å². The van der Waals surface area contributed by atoms with Crippen LogP contribution in [-0.4, -0.2) is 27.5 Å². The molecule has 0 aliphatic rings. The summed E-state index contributed by atoms with van der Waals surface area (Å²) in [5, 5.41) is 0.567. The maximum atomic E-state index is 12.7. The molecule has 2 aromatic carbocycles. The van der Waals surface area contributed by atoms with Crippen LogP contribution in [0.3, 0.4) is 0 Å². The lowest BCUT2D eigenvalue weighted by molar-refractivity contribution is 0.00687. The lowest BCUT2D eigenvalue weighted by atomic mass is 9.95. The Bertz CT molecular complexity index is 1070.